The molecule has 25 heavy (non-hydrogen) atoms. The zero-order valence-corrected chi connectivity index (χ0v) is 14.3. The summed E-state index contributed by atoms with van der Waals surface area (Å²) in [6, 6.07) is 0. The maximum Gasteiger partial charge on any atom is 0.274 e. The Morgan fingerprint density at radius 3 is 3.12 bits per heavy atom. The summed E-state index contributed by atoms with van der Waals surface area (Å²) in [5, 5.41) is 20.5. The summed E-state index contributed by atoms with van der Waals surface area (Å²) in [6.07, 6.45) is 2.77. The molecule has 0 bridgehead atoms. The number of H-pyrrole nitrogens is 1. The number of carbonyl (C=O) groups excluding carboxylic acids is 2. The van der Waals surface area contributed by atoms with Crippen LogP contribution in [0.1, 0.15) is 28.2 Å². The average Bonchev–Trinajstić information content (AvgIpc) is 3.14. The molecule has 0 aromatic carbocycles. The maximum absolute atomic E-state index is 12.9. The molecule has 1 aliphatic heterocycles. The summed E-state index contributed by atoms with van der Waals surface area (Å²) in [7, 11) is 1.42. The first kappa shape index (κ1) is 17.8. The van der Waals surface area contributed by atoms with Gasteiger partial charge in [0.2, 0.25) is 5.91 Å². The maximum atomic E-state index is 12.9. The molecule has 0 spiro atoms. The Hall–Kier alpha value is -1.97. The third-order valence-corrected chi connectivity index (χ3v) is 4.55. The van der Waals surface area contributed by atoms with Gasteiger partial charge in [0.05, 0.1) is 26.3 Å². The van der Waals surface area contributed by atoms with E-state index in [1.54, 1.807) is 4.90 Å². The monoisotopic (exact) mass is 352 g/mol. The molecular weight excluding hydrogens is 328 g/mol. The quantitative estimate of drug-likeness (QED) is 0.617. The molecule has 1 fully saturated rings. The number of aliphatic hydroxyl groups is 1. The van der Waals surface area contributed by atoms with Gasteiger partial charge in [0.25, 0.3) is 5.91 Å². The highest BCUT2D eigenvalue weighted by atomic mass is 16.5. The van der Waals surface area contributed by atoms with Crippen LogP contribution in [0.5, 0.6) is 0 Å². The largest absolute Gasteiger partial charge is 0.384 e. The van der Waals surface area contributed by atoms with Crippen molar-refractivity contribution < 1.29 is 24.2 Å². The molecule has 1 aromatic heterocycles. The van der Waals surface area contributed by atoms with Gasteiger partial charge in [-0.3, -0.25) is 14.7 Å². The van der Waals surface area contributed by atoms with Crippen LogP contribution < -0.4 is 5.32 Å². The molecule has 2 aliphatic rings. The van der Waals surface area contributed by atoms with E-state index in [1.165, 1.54) is 7.11 Å². The van der Waals surface area contributed by atoms with Crippen molar-refractivity contribution in [2.24, 2.45) is 0 Å². The summed E-state index contributed by atoms with van der Waals surface area (Å²) in [6.45, 7) is 0.710. The Bertz CT molecular complexity index is 646. The van der Waals surface area contributed by atoms with Crippen molar-refractivity contribution in [3.63, 3.8) is 0 Å². The summed E-state index contributed by atoms with van der Waals surface area (Å²) in [5.41, 5.74) is 1.08. The van der Waals surface area contributed by atoms with E-state index >= 15 is 0 Å². The number of carbonyl (C=O) groups is 2. The van der Waals surface area contributed by atoms with Gasteiger partial charge in [0.1, 0.15) is 12.2 Å². The first-order chi connectivity index (χ1) is 12.0. The average molecular weight is 352 g/mol. The Balaban J connectivity index is 1.68. The van der Waals surface area contributed by atoms with Crippen LogP contribution in [0.15, 0.2) is 0 Å². The van der Waals surface area contributed by atoms with Gasteiger partial charge in [0.15, 0.2) is 5.69 Å². The van der Waals surface area contributed by atoms with Crippen molar-refractivity contribution in [2.75, 3.05) is 46.6 Å². The van der Waals surface area contributed by atoms with E-state index in [-0.39, 0.29) is 38.1 Å². The molecule has 1 atom stereocenters. The zero-order chi connectivity index (χ0) is 17.9. The highest BCUT2D eigenvalue weighted by Crippen LogP contribution is 2.24. The van der Waals surface area contributed by atoms with Crippen molar-refractivity contribution in [1.82, 2.24) is 20.4 Å². The highest BCUT2D eigenvalue weighted by molar-refractivity contribution is 5.94. The normalized spacial score (nSPS) is 23.2. The highest BCUT2D eigenvalue weighted by Gasteiger charge is 2.36. The van der Waals surface area contributed by atoms with E-state index in [2.05, 4.69) is 15.5 Å². The minimum Gasteiger partial charge on any atom is -0.384 e. The van der Waals surface area contributed by atoms with Crippen molar-refractivity contribution >= 4 is 11.8 Å². The Labute approximate surface area is 145 Å². The fraction of sp³-hybridized carbons (Fsp3) is 0.688. The lowest BCUT2D eigenvalue weighted by Crippen LogP contribution is -2.53. The van der Waals surface area contributed by atoms with Gasteiger partial charge in [-0.15, -0.1) is 0 Å². The Morgan fingerprint density at radius 2 is 2.32 bits per heavy atom. The van der Waals surface area contributed by atoms with Gasteiger partial charge in [-0.25, -0.2) is 0 Å². The third-order valence-electron chi connectivity index (χ3n) is 4.55. The van der Waals surface area contributed by atoms with Crippen molar-refractivity contribution in [1.29, 1.82) is 0 Å². The molecule has 9 heteroatoms. The lowest BCUT2D eigenvalue weighted by atomic mass is 10.0. The van der Waals surface area contributed by atoms with Crippen LogP contribution in [-0.4, -0.2) is 84.2 Å². The lowest BCUT2D eigenvalue weighted by molar-refractivity contribution is -0.126. The molecule has 0 radical (unpaired) electrons. The standard InChI is InChI=1S/C16H24N4O5/c1-24-7-13(21)17-8-16(23)9-20(5-6-25-10-16)15(22)14-11-3-2-4-12(11)18-19-14/h23H,2-10H2,1H3,(H,17,21)(H,18,19). The molecule has 1 aromatic rings. The number of methoxy groups -OCH3 is 1. The SMILES string of the molecule is COCC(=O)NCC1(O)COCCN(C(=O)c2n[nH]c3c2CCC3)C1. The molecule has 0 saturated carbocycles. The number of ether oxygens (including phenoxy) is 2. The van der Waals surface area contributed by atoms with Gasteiger partial charge in [0, 0.05) is 24.9 Å². The minimum atomic E-state index is -1.35. The number of aryl methyl sites for hydroxylation is 1. The first-order valence-corrected chi connectivity index (χ1v) is 8.43. The van der Waals surface area contributed by atoms with Crippen molar-refractivity contribution in [2.45, 2.75) is 24.9 Å². The van der Waals surface area contributed by atoms with Crippen LogP contribution >= 0.6 is 0 Å². The summed E-state index contributed by atoms with van der Waals surface area (Å²) in [5.74, 6) is -0.547. The number of rotatable bonds is 5. The third kappa shape index (κ3) is 4.00. The van der Waals surface area contributed by atoms with Gasteiger partial charge in [-0.05, 0) is 19.3 Å². The van der Waals surface area contributed by atoms with Crippen LogP contribution in [0.4, 0.5) is 0 Å². The fourth-order valence-electron chi connectivity index (χ4n) is 3.29. The second kappa shape index (κ2) is 7.51. The van der Waals surface area contributed by atoms with E-state index in [9.17, 15) is 14.7 Å². The van der Waals surface area contributed by atoms with E-state index < -0.39 is 5.60 Å². The van der Waals surface area contributed by atoms with Crippen LogP contribution in [0.2, 0.25) is 0 Å². The molecule has 1 saturated heterocycles. The number of β-amino-alcohol motifs (C(OH)–C–C–N with tert-alkyl or cyclic N) is 1. The summed E-state index contributed by atoms with van der Waals surface area (Å²) in [4.78, 5) is 26.0. The number of hydrogen-bond acceptors (Lipinski definition) is 6. The molecule has 138 valence electrons. The van der Waals surface area contributed by atoms with E-state index in [0.29, 0.717) is 18.8 Å². The second-order valence-electron chi connectivity index (χ2n) is 6.60. The molecule has 3 rings (SSSR count). The van der Waals surface area contributed by atoms with Crippen LogP contribution in [0.3, 0.4) is 0 Å². The van der Waals surface area contributed by atoms with E-state index in [4.69, 9.17) is 9.47 Å². The van der Waals surface area contributed by atoms with Crippen molar-refractivity contribution in [3.8, 4) is 0 Å². The number of amides is 2. The molecule has 1 unspecified atom stereocenters. The predicted octanol–water partition coefficient (Wildman–Crippen LogP) is -1.14. The number of aromatic nitrogens is 2. The summed E-state index contributed by atoms with van der Waals surface area (Å²) < 4.78 is 10.2. The lowest BCUT2D eigenvalue weighted by Gasteiger charge is -2.30. The molecule has 9 nitrogen and oxygen atoms in total. The zero-order valence-electron chi connectivity index (χ0n) is 14.3. The molecule has 2 amide bonds. The molecule has 3 N–H and O–H groups in total. The number of nitrogens with one attached hydrogen (secondary N) is 2. The first-order valence-electron chi connectivity index (χ1n) is 8.43. The Morgan fingerprint density at radius 1 is 1.48 bits per heavy atom. The number of fused-ring (bicyclic) bond motifs is 1. The van der Waals surface area contributed by atoms with Crippen LogP contribution in [-0.2, 0) is 27.1 Å². The van der Waals surface area contributed by atoms with Crippen molar-refractivity contribution in [3.05, 3.63) is 17.0 Å². The number of hydrogen-bond donors (Lipinski definition) is 3. The number of aromatic amines is 1. The van der Waals surface area contributed by atoms with Gasteiger partial charge in [-0.2, -0.15) is 5.10 Å². The summed E-state index contributed by atoms with van der Waals surface area (Å²) >= 11 is 0. The van der Waals surface area contributed by atoms with Crippen LogP contribution in [0.25, 0.3) is 0 Å². The second-order valence-corrected chi connectivity index (χ2v) is 6.60. The minimum absolute atomic E-state index is 0.0162. The molecule has 1 aliphatic carbocycles. The van der Waals surface area contributed by atoms with E-state index in [0.717, 1.165) is 30.5 Å². The van der Waals surface area contributed by atoms with Gasteiger partial charge < -0.3 is 24.8 Å². The number of nitrogens with zero attached hydrogens (tertiary/aromatic N) is 2. The Kier molecular flexibility index (Phi) is 5.36. The van der Waals surface area contributed by atoms with Gasteiger partial charge in [-0.1, -0.05) is 0 Å². The fourth-order valence-corrected chi connectivity index (χ4v) is 3.29. The van der Waals surface area contributed by atoms with Gasteiger partial charge >= 0.3 is 0 Å². The van der Waals surface area contributed by atoms with Crippen LogP contribution in [0, 0.1) is 0 Å². The topological polar surface area (TPSA) is 117 Å². The predicted molar refractivity (Wildman–Crippen MR) is 87.2 cm³/mol. The molecular formula is C16H24N4O5. The molecule has 2 heterocycles. The smallest absolute Gasteiger partial charge is 0.274 e. The van der Waals surface area contributed by atoms with E-state index in [1.807, 2.05) is 0 Å².